The van der Waals surface area contributed by atoms with Crippen molar-refractivity contribution < 1.29 is 14.7 Å². The first-order valence-electron chi connectivity index (χ1n) is 9.46. The number of amides is 1. The van der Waals surface area contributed by atoms with Crippen LogP contribution in [-0.2, 0) is 4.79 Å². The van der Waals surface area contributed by atoms with Crippen molar-refractivity contribution in [3.8, 4) is 0 Å². The van der Waals surface area contributed by atoms with Gasteiger partial charge in [-0.25, -0.2) is 4.79 Å². The maximum atomic E-state index is 13.2. The van der Waals surface area contributed by atoms with E-state index in [1.54, 1.807) is 18.2 Å². The van der Waals surface area contributed by atoms with Gasteiger partial charge in [0.15, 0.2) is 5.17 Å². The molecule has 1 amide bonds. The van der Waals surface area contributed by atoms with Crippen LogP contribution < -0.4 is 0 Å². The van der Waals surface area contributed by atoms with Crippen LogP contribution in [0, 0.1) is 6.92 Å². The number of nitrogens with zero attached hydrogens (tertiary/aromatic N) is 4. The third-order valence-electron chi connectivity index (χ3n) is 4.94. The minimum absolute atomic E-state index is 0.0517. The van der Waals surface area contributed by atoms with Gasteiger partial charge >= 0.3 is 5.97 Å². The number of aromatic carboxylic acids is 1. The van der Waals surface area contributed by atoms with Gasteiger partial charge in [-0.3, -0.25) is 9.69 Å². The molecule has 0 radical (unpaired) electrons. The molecule has 2 aromatic rings. The Morgan fingerprint density at radius 3 is 2.55 bits per heavy atom. The Bertz CT molecular complexity index is 991. The molecule has 0 atom stereocenters. The third kappa shape index (κ3) is 4.40. The normalized spacial score (nSPS) is 20.7. The molecule has 4 rings (SSSR count). The van der Waals surface area contributed by atoms with Crippen molar-refractivity contribution in [1.82, 2.24) is 15.1 Å². The fourth-order valence-corrected chi connectivity index (χ4v) is 5.17. The van der Waals surface area contributed by atoms with E-state index >= 15 is 0 Å². The van der Waals surface area contributed by atoms with E-state index in [4.69, 9.17) is 5.11 Å². The third-order valence-corrected chi connectivity index (χ3v) is 6.65. The molecular formula is C20H20N4O3S2. The molecule has 2 heterocycles. The standard InChI is InChI=1S/C20H20N4O3S2/c1-12-22-23-19(28-12)21-20-24(15-5-3-2-4-6-15)17(25)16(29-20)11-13-7-9-14(10-8-13)18(26)27/h7-11,15H,2-6H2,1H3,(H,26,27)/b16-11-,21-20+. The molecule has 2 aliphatic rings. The van der Waals surface area contributed by atoms with Crippen molar-refractivity contribution >= 4 is 51.4 Å². The van der Waals surface area contributed by atoms with Gasteiger partial charge in [0.2, 0.25) is 5.13 Å². The summed E-state index contributed by atoms with van der Waals surface area (Å²) in [5.74, 6) is -1.02. The van der Waals surface area contributed by atoms with Gasteiger partial charge in [0, 0.05) is 6.04 Å². The van der Waals surface area contributed by atoms with Crippen molar-refractivity contribution in [2.75, 3.05) is 0 Å². The van der Waals surface area contributed by atoms with Gasteiger partial charge in [0.05, 0.1) is 10.5 Å². The van der Waals surface area contributed by atoms with E-state index in [-0.39, 0.29) is 17.5 Å². The Morgan fingerprint density at radius 1 is 1.21 bits per heavy atom. The highest BCUT2D eigenvalue weighted by atomic mass is 32.2. The van der Waals surface area contributed by atoms with E-state index in [0.29, 0.717) is 15.2 Å². The van der Waals surface area contributed by atoms with Gasteiger partial charge in [0.1, 0.15) is 5.01 Å². The van der Waals surface area contributed by atoms with E-state index < -0.39 is 5.97 Å². The SMILES string of the molecule is Cc1nnc(/N=C2/S/C(=C\c3ccc(C(=O)O)cc3)C(=O)N2C2CCCCC2)s1. The fourth-order valence-electron chi connectivity index (χ4n) is 3.51. The Hall–Kier alpha value is -2.52. The monoisotopic (exact) mass is 428 g/mol. The minimum atomic E-state index is -0.972. The predicted molar refractivity (Wildman–Crippen MR) is 114 cm³/mol. The summed E-state index contributed by atoms with van der Waals surface area (Å²) >= 11 is 2.74. The highest BCUT2D eigenvalue weighted by molar-refractivity contribution is 8.18. The Balaban J connectivity index is 1.66. The predicted octanol–water partition coefficient (Wildman–Crippen LogP) is 4.48. The van der Waals surface area contributed by atoms with Crippen LogP contribution >= 0.6 is 23.1 Å². The number of carboxylic acids is 1. The molecule has 1 saturated heterocycles. The van der Waals surface area contributed by atoms with Crippen LogP contribution in [0.2, 0.25) is 0 Å². The quantitative estimate of drug-likeness (QED) is 0.721. The number of rotatable bonds is 4. The number of carbonyl (C=O) groups is 2. The van der Waals surface area contributed by atoms with Crippen molar-refractivity contribution in [2.45, 2.75) is 45.1 Å². The molecular weight excluding hydrogens is 408 g/mol. The summed E-state index contributed by atoms with van der Waals surface area (Å²) in [4.78, 5) is 31.3. The lowest BCUT2D eigenvalue weighted by Crippen LogP contribution is -2.40. The van der Waals surface area contributed by atoms with Crippen LogP contribution in [0.5, 0.6) is 0 Å². The molecule has 0 unspecified atom stereocenters. The molecule has 9 heteroatoms. The average Bonchev–Trinajstić information content (AvgIpc) is 3.26. The number of aromatic nitrogens is 2. The second-order valence-electron chi connectivity index (χ2n) is 7.00. The zero-order chi connectivity index (χ0) is 20.4. The number of aryl methyl sites for hydroxylation is 1. The van der Waals surface area contributed by atoms with Gasteiger partial charge in [-0.05, 0) is 55.3 Å². The Kier molecular flexibility index (Phi) is 5.77. The van der Waals surface area contributed by atoms with Crippen LogP contribution in [0.1, 0.15) is 53.0 Å². The average molecular weight is 429 g/mol. The first kappa shape index (κ1) is 19.8. The molecule has 150 valence electrons. The molecule has 1 aliphatic carbocycles. The van der Waals surface area contributed by atoms with Crippen LogP contribution in [0.3, 0.4) is 0 Å². The van der Waals surface area contributed by atoms with E-state index in [1.165, 1.54) is 41.7 Å². The zero-order valence-corrected chi connectivity index (χ0v) is 17.5. The number of carboxylic acid groups (broad SMARTS) is 1. The first-order valence-corrected chi connectivity index (χ1v) is 11.1. The molecule has 1 aromatic carbocycles. The number of hydrogen-bond donors (Lipinski definition) is 1. The van der Waals surface area contributed by atoms with Crippen LogP contribution in [-0.4, -0.2) is 43.3 Å². The zero-order valence-electron chi connectivity index (χ0n) is 15.9. The summed E-state index contributed by atoms with van der Waals surface area (Å²) in [6.07, 6.45) is 7.16. The van der Waals surface area contributed by atoms with Gasteiger partial charge in [0.25, 0.3) is 5.91 Å². The lowest BCUT2D eigenvalue weighted by Gasteiger charge is -2.30. The summed E-state index contributed by atoms with van der Waals surface area (Å²) < 4.78 is 0. The topological polar surface area (TPSA) is 95.7 Å². The second-order valence-corrected chi connectivity index (χ2v) is 9.17. The number of amidine groups is 1. The molecule has 29 heavy (non-hydrogen) atoms. The van der Waals surface area contributed by atoms with Gasteiger partial charge in [-0.2, -0.15) is 4.99 Å². The van der Waals surface area contributed by atoms with E-state index in [0.717, 1.165) is 36.3 Å². The number of thioether (sulfide) groups is 1. The smallest absolute Gasteiger partial charge is 0.335 e. The molecule has 1 N–H and O–H groups in total. The lowest BCUT2D eigenvalue weighted by molar-refractivity contribution is -0.124. The molecule has 2 fully saturated rings. The Morgan fingerprint density at radius 2 is 1.93 bits per heavy atom. The summed E-state index contributed by atoms with van der Waals surface area (Å²) in [7, 11) is 0. The van der Waals surface area contributed by atoms with Gasteiger partial charge in [-0.1, -0.05) is 42.7 Å². The van der Waals surface area contributed by atoms with Gasteiger partial charge in [-0.15, -0.1) is 10.2 Å². The van der Waals surface area contributed by atoms with Gasteiger partial charge < -0.3 is 5.11 Å². The largest absolute Gasteiger partial charge is 0.478 e. The second kappa shape index (κ2) is 8.46. The number of aliphatic imine (C=N–C) groups is 1. The molecule has 1 aromatic heterocycles. The van der Waals surface area contributed by atoms with Crippen LogP contribution in [0.25, 0.3) is 6.08 Å². The van der Waals surface area contributed by atoms with Crippen LogP contribution in [0.15, 0.2) is 34.2 Å². The number of benzene rings is 1. The number of carbonyl (C=O) groups excluding carboxylic acids is 1. The molecule has 7 nitrogen and oxygen atoms in total. The maximum Gasteiger partial charge on any atom is 0.335 e. The molecule has 1 saturated carbocycles. The van der Waals surface area contributed by atoms with Crippen molar-refractivity contribution in [3.63, 3.8) is 0 Å². The minimum Gasteiger partial charge on any atom is -0.478 e. The van der Waals surface area contributed by atoms with Crippen LogP contribution in [0.4, 0.5) is 5.13 Å². The Labute approximate surface area is 176 Å². The summed E-state index contributed by atoms with van der Waals surface area (Å²) in [6.45, 7) is 1.87. The summed E-state index contributed by atoms with van der Waals surface area (Å²) in [5, 5.41) is 19.2. The highest BCUT2D eigenvalue weighted by Gasteiger charge is 2.38. The molecule has 0 spiro atoms. The maximum absolute atomic E-state index is 13.2. The van der Waals surface area contributed by atoms with E-state index in [9.17, 15) is 9.59 Å². The fraction of sp³-hybridized carbons (Fsp3) is 0.350. The summed E-state index contributed by atoms with van der Waals surface area (Å²) in [5.41, 5.74) is 0.998. The van der Waals surface area contributed by atoms with E-state index in [2.05, 4.69) is 15.2 Å². The lowest BCUT2D eigenvalue weighted by atomic mass is 9.94. The van der Waals surface area contributed by atoms with Crippen molar-refractivity contribution in [1.29, 1.82) is 0 Å². The summed E-state index contributed by atoms with van der Waals surface area (Å²) in [6, 6.07) is 6.64. The molecule has 0 bridgehead atoms. The first-order chi connectivity index (χ1) is 14.0. The number of hydrogen-bond acceptors (Lipinski definition) is 7. The van der Waals surface area contributed by atoms with Crippen molar-refractivity contribution in [2.24, 2.45) is 4.99 Å². The highest BCUT2D eigenvalue weighted by Crippen LogP contribution is 2.38. The van der Waals surface area contributed by atoms with Crippen molar-refractivity contribution in [3.05, 3.63) is 45.3 Å². The van der Waals surface area contributed by atoms with E-state index in [1.807, 2.05) is 11.8 Å². The molecule has 1 aliphatic heterocycles.